The maximum atomic E-state index is 12.5. The van der Waals surface area contributed by atoms with Crippen molar-refractivity contribution in [3.63, 3.8) is 0 Å². The summed E-state index contributed by atoms with van der Waals surface area (Å²) in [5.41, 5.74) is -1.05. The number of hydrogen-bond donors (Lipinski definition) is 1. The Balaban J connectivity index is 3.18. The predicted molar refractivity (Wildman–Crippen MR) is 56.2 cm³/mol. The predicted octanol–water partition coefficient (Wildman–Crippen LogP) is 3.52. The summed E-state index contributed by atoms with van der Waals surface area (Å²) in [6, 6.07) is 0. The summed E-state index contributed by atoms with van der Waals surface area (Å²) >= 11 is 10.8. The highest BCUT2D eigenvalue weighted by atomic mass is 35.5. The number of alkyl halides is 3. The first-order valence-corrected chi connectivity index (χ1v) is 5.02. The number of aromatic nitrogens is 1. The van der Waals surface area contributed by atoms with Crippen molar-refractivity contribution < 1.29 is 23.1 Å². The molecule has 0 aliphatic carbocycles. The van der Waals surface area contributed by atoms with E-state index in [0.717, 1.165) is 16.3 Å². The van der Waals surface area contributed by atoms with Crippen LogP contribution in [0.1, 0.15) is 15.9 Å². The smallest absolute Gasteiger partial charge is 0.418 e. The molecule has 1 rings (SSSR count). The standard InChI is InChI=1S/C9H6Cl2F3NO2/c10-1-5(11)2-15-3-6(8(16)17)7(4-15)9(12,13)14/h1,3-4H,2H2,(H,16,17). The summed E-state index contributed by atoms with van der Waals surface area (Å²) in [6.45, 7) is -0.124. The molecule has 0 saturated heterocycles. The number of rotatable bonds is 3. The van der Waals surface area contributed by atoms with Crippen LogP contribution in [0.4, 0.5) is 13.2 Å². The Bertz CT molecular complexity index is 465. The zero-order chi connectivity index (χ0) is 13.2. The Labute approximate surface area is 104 Å². The van der Waals surface area contributed by atoms with Crippen LogP contribution in [0.5, 0.6) is 0 Å². The summed E-state index contributed by atoms with van der Waals surface area (Å²) in [6.07, 6.45) is -3.20. The van der Waals surface area contributed by atoms with Crippen molar-refractivity contribution in [2.45, 2.75) is 12.7 Å². The summed E-state index contributed by atoms with van der Waals surface area (Å²) < 4.78 is 38.5. The Morgan fingerprint density at radius 2 is 2.06 bits per heavy atom. The largest absolute Gasteiger partial charge is 0.478 e. The van der Waals surface area contributed by atoms with Gasteiger partial charge in [-0.05, 0) is 0 Å². The van der Waals surface area contributed by atoms with Crippen molar-refractivity contribution in [2.75, 3.05) is 0 Å². The maximum Gasteiger partial charge on any atom is 0.418 e. The fourth-order valence-corrected chi connectivity index (χ4v) is 1.41. The minimum Gasteiger partial charge on any atom is -0.478 e. The molecule has 0 aromatic carbocycles. The van der Waals surface area contributed by atoms with Crippen LogP contribution < -0.4 is 0 Å². The van der Waals surface area contributed by atoms with Crippen molar-refractivity contribution in [1.82, 2.24) is 4.57 Å². The Hall–Kier alpha value is -1.14. The van der Waals surface area contributed by atoms with E-state index in [4.69, 9.17) is 28.3 Å². The van der Waals surface area contributed by atoms with E-state index in [1.165, 1.54) is 0 Å². The number of carboxylic acid groups (broad SMARTS) is 1. The van der Waals surface area contributed by atoms with Crippen molar-refractivity contribution in [3.8, 4) is 0 Å². The molecule has 17 heavy (non-hydrogen) atoms. The normalized spacial score (nSPS) is 12.9. The van der Waals surface area contributed by atoms with E-state index in [1.807, 2.05) is 0 Å². The topological polar surface area (TPSA) is 42.2 Å². The van der Waals surface area contributed by atoms with Gasteiger partial charge in [-0.15, -0.1) is 0 Å². The third kappa shape index (κ3) is 3.41. The summed E-state index contributed by atoms with van der Waals surface area (Å²) in [4.78, 5) is 10.7. The lowest BCUT2D eigenvalue weighted by Gasteiger charge is -2.04. The first-order valence-electron chi connectivity index (χ1n) is 4.20. The molecular weight excluding hydrogens is 282 g/mol. The van der Waals surface area contributed by atoms with Gasteiger partial charge < -0.3 is 9.67 Å². The van der Waals surface area contributed by atoms with Crippen LogP contribution in [0.15, 0.2) is 23.0 Å². The second-order valence-corrected chi connectivity index (χ2v) is 3.82. The lowest BCUT2D eigenvalue weighted by atomic mass is 10.2. The highest BCUT2D eigenvalue weighted by molar-refractivity contribution is 6.36. The van der Waals surface area contributed by atoms with Gasteiger partial charge in [-0.25, -0.2) is 4.79 Å². The van der Waals surface area contributed by atoms with Gasteiger partial charge in [0.2, 0.25) is 0 Å². The van der Waals surface area contributed by atoms with Gasteiger partial charge in [0.15, 0.2) is 0 Å². The number of allylic oxidation sites excluding steroid dienone is 1. The molecule has 0 unspecified atom stereocenters. The average Bonchev–Trinajstić information content (AvgIpc) is 2.61. The van der Waals surface area contributed by atoms with Crippen molar-refractivity contribution in [3.05, 3.63) is 34.1 Å². The van der Waals surface area contributed by atoms with Crippen LogP contribution in [0.2, 0.25) is 0 Å². The second-order valence-electron chi connectivity index (χ2n) is 3.12. The van der Waals surface area contributed by atoms with E-state index in [2.05, 4.69) is 0 Å². The molecule has 1 aromatic rings. The highest BCUT2D eigenvalue weighted by Crippen LogP contribution is 2.33. The van der Waals surface area contributed by atoms with Gasteiger partial charge in [0.25, 0.3) is 0 Å². The molecule has 0 saturated carbocycles. The van der Waals surface area contributed by atoms with Crippen LogP contribution in [-0.4, -0.2) is 15.6 Å². The van der Waals surface area contributed by atoms with Crippen LogP contribution >= 0.6 is 23.2 Å². The van der Waals surface area contributed by atoms with Crippen LogP contribution in [-0.2, 0) is 12.7 Å². The second kappa shape index (κ2) is 5.01. The van der Waals surface area contributed by atoms with E-state index in [-0.39, 0.29) is 11.6 Å². The molecule has 0 fully saturated rings. The van der Waals surface area contributed by atoms with Crippen molar-refractivity contribution in [2.24, 2.45) is 0 Å². The molecular formula is C9H6Cl2F3NO2. The molecule has 0 aliphatic rings. The Morgan fingerprint density at radius 3 is 2.41 bits per heavy atom. The van der Waals surface area contributed by atoms with Gasteiger partial charge in [-0.2, -0.15) is 13.2 Å². The molecule has 0 aliphatic heterocycles. The van der Waals surface area contributed by atoms with Crippen LogP contribution in [0.25, 0.3) is 0 Å². The number of nitrogens with zero attached hydrogens (tertiary/aromatic N) is 1. The van der Waals surface area contributed by atoms with Crippen LogP contribution in [0, 0.1) is 0 Å². The molecule has 0 amide bonds. The number of carbonyl (C=O) groups is 1. The third-order valence-electron chi connectivity index (χ3n) is 1.87. The molecule has 0 spiro atoms. The SMILES string of the molecule is O=C(O)c1cn(CC(Cl)=CCl)cc1C(F)(F)F. The van der Waals surface area contributed by atoms with Gasteiger partial charge in [-0.1, -0.05) is 23.2 Å². The van der Waals surface area contributed by atoms with E-state index < -0.39 is 23.3 Å². The lowest BCUT2D eigenvalue weighted by molar-refractivity contribution is -0.138. The molecule has 1 aromatic heterocycles. The van der Waals surface area contributed by atoms with Gasteiger partial charge in [0.1, 0.15) is 0 Å². The minimum atomic E-state index is -4.73. The Kier molecular flexibility index (Phi) is 4.11. The average molecular weight is 288 g/mol. The van der Waals surface area contributed by atoms with E-state index in [9.17, 15) is 18.0 Å². The molecule has 0 atom stereocenters. The lowest BCUT2D eigenvalue weighted by Crippen LogP contribution is -2.09. The summed E-state index contributed by atoms with van der Waals surface area (Å²) in [7, 11) is 0. The number of hydrogen-bond acceptors (Lipinski definition) is 1. The molecule has 0 radical (unpaired) electrons. The fraction of sp³-hybridized carbons (Fsp3) is 0.222. The molecule has 0 bridgehead atoms. The van der Waals surface area contributed by atoms with E-state index in [1.54, 1.807) is 0 Å². The molecule has 1 N–H and O–H groups in total. The van der Waals surface area contributed by atoms with E-state index >= 15 is 0 Å². The molecule has 1 heterocycles. The zero-order valence-corrected chi connectivity index (χ0v) is 9.64. The molecule has 8 heteroatoms. The van der Waals surface area contributed by atoms with Crippen molar-refractivity contribution in [1.29, 1.82) is 0 Å². The van der Waals surface area contributed by atoms with Crippen molar-refractivity contribution >= 4 is 29.2 Å². The highest BCUT2D eigenvalue weighted by Gasteiger charge is 2.36. The first-order chi connectivity index (χ1) is 7.75. The molecule has 3 nitrogen and oxygen atoms in total. The quantitative estimate of drug-likeness (QED) is 0.924. The zero-order valence-electron chi connectivity index (χ0n) is 8.13. The number of halogens is 5. The fourth-order valence-electron chi connectivity index (χ4n) is 1.20. The van der Waals surface area contributed by atoms with E-state index in [0.29, 0.717) is 6.20 Å². The van der Waals surface area contributed by atoms with Gasteiger partial charge >= 0.3 is 12.1 Å². The molecule has 94 valence electrons. The maximum absolute atomic E-state index is 12.5. The van der Waals surface area contributed by atoms with Gasteiger partial charge in [-0.3, -0.25) is 0 Å². The number of aromatic carboxylic acids is 1. The monoisotopic (exact) mass is 287 g/mol. The minimum absolute atomic E-state index is 0.0901. The summed E-state index contributed by atoms with van der Waals surface area (Å²) in [5.74, 6) is -1.65. The first kappa shape index (κ1) is 13.9. The third-order valence-corrected chi connectivity index (χ3v) is 2.47. The number of carboxylic acids is 1. The van der Waals surface area contributed by atoms with Crippen LogP contribution in [0.3, 0.4) is 0 Å². The van der Waals surface area contributed by atoms with Gasteiger partial charge in [0.05, 0.1) is 17.7 Å². The Morgan fingerprint density at radius 1 is 1.47 bits per heavy atom. The van der Waals surface area contributed by atoms with Gasteiger partial charge in [0, 0.05) is 23.0 Å². The summed E-state index contributed by atoms with van der Waals surface area (Å²) in [5, 5.41) is 8.74.